The topological polar surface area (TPSA) is 86.2 Å². The lowest BCUT2D eigenvalue weighted by molar-refractivity contribution is 0.510. The van der Waals surface area contributed by atoms with Gasteiger partial charge in [0.15, 0.2) is 9.84 Å². The van der Waals surface area contributed by atoms with Gasteiger partial charge in [-0.25, -0.2) is 8.42 Å². The second-order valence-corrected chi connectivity index (χ2v) is 8.00. The van der Waals surface area contributed by atoms with E-state index in [9.17, 15) is 8.42 Å². The van der Waals surface area contributed by atoms with E-state index in [1.54, 1.807) is 6.92 Å². The van der Waals surface area contributed by atoms with Gasteiger partial charge in [-0.05, 0) is 17.5 Å². The maximum Gasteiger partial charge on any atom is 0.154 e. The fraction of sp³-hybridized carbons (Fsp3) is 0.600. The molecule has 4 nitrogen and oxygen atoms in total. The number of hydrogen-bond donors (Lipinski definition) is 2. The van der Waals surface area contributed by atoms with Crippen LogP contribution in [0.25, 0.3) is 0 Å². The molecule has 4 N–H and O–H groups in total. The Balaban J connectivity index is 2.38. The minimum Gasteiger partial charge on any atom is -0.330 e. The van der Waals surface area contributed by atoms with Gasteiger partial charge in [0.1, 0.15) is 0 Å². The van der Waals surface area contributed by atoms with E-state index in [4.69, 9.17) is 11.5 Å². The highest BCUT2D eigenvalue weighted by atomic mass is 32.2. The van der Waals surface area contributed by atoms with Crippen molar-refractivity contribution in [2.24, 2.45) is 16.9 Å². The summed E-state index contributed by atoms with van der Waals surface area (Å²) in [4.78, 5) is 0. The number of sulfone groups is 1. The molecule has 0 amide bonds. The summed E-state index contributed by atoms with van der Waals surface area (Å²) in [5, 5.41) is -0.428. The summed E-state index contributed by atoms with van der Waals surface area (Å²) in [5.41, 5.74) is 13.5. The largest absolute Gasteiger partial charge is 0.330 e. The smallest absolute Gasteiger partial charge is 0.154 e. The van der Waals surface area contributed by atoms with Crippen LogP contribution in [0.1, 0.15) is 30.9 Å². The van der Waals surface area contributed by atoms with Crippen molar-refractivity contribution in [3.63, 3.8) is 0 Å². The van der Waals surface area contributed by atoms with Gasteiger partial charge in [-0.1, -0.05) is 38.1 Å². The maximum atomic E-state index is 12.3. The summed E-state index contributed by atoms with van der Waals surface area (Å²) in [6, 6.07) is 8.16. The van der Waals surface area contributed by atoms with E-state index in [-0.39, 0.29) is 11.7 Å². The molecule has 0 radical (unpaired) electrons. The molecule has 2 atom stereocenters. The van der Waals surface area contributed by atoms with Crippen LogP contribution in [0.4, 0.5) is 0 Å². The molecule has 5 heteroatoms. The average molecular weight is 296 g/mol. The molecule has 0 heterocycles. The average Bonchev–Trinajstić information content (AvgIpc) is 3.18. The third-order valence-corrected chi connectivity index (χ3v) is 7.00. The van der Waals surface area contributed by atoms with Crippen molar-refractivity contribution < 1.29 is 8.42 Å². The molecule has 0 unspecified atom stereocenters. The summed E-state index contributed by atoms with van der Waals surface area (Å²) in [6.07, 6.45) is 0.973. The molecule has 0 bridgehead atoms. The van der Waals surface area contributed by atoms with E-state index in [2.05, 4.69) is 19.1 Å². The molecule has 1 aromatic rings. The van der Waals surface area contributed by atoms with Crippen LogP contribution in [0.5, 0.6) is 0 Å². The summed E-state index contributed by atoms with van der Waals surface area (Å²) in [5.74, 6) is 0.0801. The first-order valence-electron chi connectivity index (χ1n) is 7.17. The Labute approximate surface area is 121 Å². The minimum absolute atomic E-state index is 0.0617. The third-order valence-electron chi connectivity index (χ3n) is 4.68. The van der Waals surface area contributed by atoms with E-state index >= 15 is 0 Å². The normalized spacial score (nSPS) is 24.6. The molecule has 0 spiro atoms. The highest BCUT2D eigenvalue weighted by Gasteiger charge is 2.68. The Morgan fingerprint density at radius 3 is 2.05 bits per heavy atom. The standard InChI is InChI=1S/C15H24N2O2S/c1-3-11-5-7-12(8-6-11)13-14(20(18,19)4-2)15(13,9-16)10-17/h5-8,13-14H,3-4,9-10,16-17H2,1-2H3/t13-,14+/m1/s1. The first-order valence-corrected chi connectivity index (χ1v) is 8.89. The van der Waals surface area contributed by atoms with Crippen LogP contribution in [0.2, 0.25) is 0 Å². The molecule has 1 saturated carbocycles. The molecular weight excluding hydrogens is 272 g/mol. The maximum absolute atomic E-state index is 12.3. The highest BCUT2D eigenvalue weighted by Crippen LogP contribution is 2.61. The lowest BCUT2D eigenvalue weighted by atomic mass is 9.98. The summed E-state index contributed by atoms with van der Waals surface area (Å²) in [6.45, 7) is 4.41. The minimum atomic E-state index is -3.13. The lowest BCUT2D eigenvalue weighted by Gasteiger charge is -2.12. The number of hydrogen-bond acceptors (Lipinski definition) is 4. The molecule has 2 rings (SSSR count). The summed E-state index contributed by atoms with van der Waals surface area (Å²) in [7, 11) is -3.13. The van der Waals surface area contributed by atoms with Crippen molar-refractivity contribution in [3.8, 4) is 0 Å². The predicted octanol–water partition coefficient (Wildman–Crippen LogP) is 1.05. The van der Waals surface area contributed by atoms with Crippen molar-refractivity contribution in [2.45, 2.75) is 31.4 Å². The van der Waals surface area contributed by atoms with E-state index in [0.29, 0.717) is 13.1 Å². The summed E-state index contributed by atoms with van der Waals surface area (Å²) >= 11 is 0. The van der Waals surface area contributed by atoms with Gasteiger partial charge in [0.25, 0.3) is 0 Å². The lowest BCUT2D eigenvalue weighted by Crippen LogP contribution is -2.31. The van der Waals surface area contributed by atoms with Gasteiger partial charge in [0.2, 0.25) is 0 Å². The van der Waals surface area contributed by atoms with Gasteiger partial charge in [0, 0.05) is 30.2 Å². The molecular formula is C15H24N2O2S. The van der Waals surface area contributed by atoms with Crippen LogP contribution in [0, 0.1) is 5.41 Å². The van der Waals surface area contributed by atoms with E-state index in [1.807, 2.05) is 12.1 Å². The van der Waals surface area contributed by atoms with E-state index in [0.717, 1.165) is 12.0 Å². The molecule has 1 aliphatic carbocycles. The van der Waals surface area contributed by atoms with Crippen molar-refractivity contribution >= 4 is 9.84 Å². The van der Waals surface area contributed by atoms with Gasteiger partial charge in [0.05, 0.1) is 5.25 Å². The van der Waals surface area contributed by atoms with Crippen molar-refractivity contribution in [1.29, 1.82) is 0 Å². The number of aryl methyl sites for hydroxylation is 1. The second kappa shape index (κ2) is 5.47. The zero-order chi connectivity index (χ0) is 15.0. The zero-order valence-electron chi connectivity index (χ0n) is 12.2. The number of rotatable bonds is 6. The van der Waals surface area contributed by atoms with Crippen molar-refractivity contribution in [3.05, 3.63) is 35.4 Å². The van der Waals surface area contributed by atoms with E-state index in [1.165, 1.54) is 5.56 Å². The summed E-state index contributed by atoms with van der Waals surface area (Å²) < 4.78 is 24.6. The fourth-order valence-electron chi connectivity index (χ4n) is 3.23. The first kappa shape index (κ1) is 15.5. The van der Waals surface area contributed by atoms with Crippen LogP contribution in [-0.2, 0) is 16.3 Å². The quantitative estimate of drug-likeness (QED) is 0.821. The molecule has 20 heavy (non-hydrogen) atoms. The Kier molecular flexibility index (Phi) is 4.23. The van der Waals surface area contributed by atoms with Gasteiger partial charge >= 0.3 is 0 Å². The number of benzene rings is 1. The Hall–Kier alpha value is -0.910. The zero-order valence-corrected chi connectivity index (χ0v) is 13.0. The Morgan fingerprint density at radius 2 is 1.65 bits per heavy atom. The first-order chi connectivity index (χ1) is 9.46. The SMILES string of the molecule is CCc1ccc([C@@H]2[C@H](S(=O)(=O)CC)C2(CN)CN)cc1. The molecule has 1 aliphatic rings. The molecule has 1 fully saturated rings. The monoisotopic (exact) mass is 296 g/mol. The molecule has 112 valence electrons. The van der Waals surface area contributed by atoms with Crippen LogP contribution < -0.4 is 11.5 Å². The highest BCUT2D eigenvalue weighted by molar-refractivity contribution is 7.92. The van der Waals surface area contributed by atoms with Crippen LogP contribution in [0.3, 0.4) is 0 Å². The second-order valence-electron chi connectivity index (χ2n) is 5.59. The van der Waals surface area contributed by atoms with Crippen molar-refractivity contribution in [1.82, 2.24) is 0 Å². The van der Waals surface area contributed by atoms with Crippen LogP contribution >= 0.6 is 0 Å². The molecule has 1 aromatic carbocycles. The molecule has 0 saturated heterocycles. The third kappa shape index (κ3) is 2.28. The molecule has 0 aromatic heterocycles. The van der Waals surface area contributed by atoms with Crippen molar-refractivity contribution in [2.75, 3.05) is 18.8 Å². The van der Waals surface area contributed by atoms with Gasteiger partial charge in [-0.15, -0.1) is 0 Å². The van der Waals surface area contributed by atoms with Gasteiger partial charge < -0.3 is 11.5 Å². The van der Waals surface area contributed by atoms with Crippen LogP contribution in [-0.4, -0.2) is 32.5 Å². The van der Waals surface area contributed by atoms with E-state index < -0.39 is 20.5 Å². The Bertz CT molecular complexity index is 562. The Morgan fingerprint density at radius 1 is 1.10 bits per heavy atom. The van der Waals surface area contributed by atoms with Crippen LogP contribution in [0.15, 0.2) is 24.3 Å². The van der Waals surface area contributed by atoms with Gasteiger partial charge in [-0.2, -0.15) is 0 Å². The fourth-order valence-corrected chi connectivity index (χ4v) is 5.41. The molecule has 0 aliphatic heterocycles. The number of nitrogens with two attached hydrogens (primary N) is 2. The predicted molar refractivity (Wildman–Crippen MR) is 82.4 cm³/mol. The van der Waals surface area contributed by atoms with Gasteiger partial charge in [-0.3, -0.25) is 0 Å².